The molecule has 0 saturated heterocycles. The molecule has 2 amide bonds. The number of nitrogens with one attached hydrogen (secondary N) is 2. The highest BCUT2D eigenvalue weighted by molar-refractivity contribution is 5.95. The Morgan fingerprint density at radius 2 is 1.09 bits per heavy atom. The van der Waals surface area contributed by atoms with Crippen molar-refractivity contribution >= 4 is 23.2 Å². The molecule has 2 aromatic rings. The first kappa shape index (κ1) is 23.5. The molecule has 4 atom stereocenters. The molecule has 0 spiro atoms. The molecule has 0 aliphatic heterocycles. The molecule has 0 heterocycles. The monoisotopic (exact) mass is 446 g/mol. The predicted octanol–water partition coefficient (Wildman–Crippen LogP) is 6.81. The van der Waals surface area contributed by atoms with E-state index in [4.69, 9.17) is 0 Å². The first-order chi connectivity index (χ1) is 16.1. The largest absolute Gasteiger partial charge is 0.326 e. The lowest BCUT2D eigenvalue weighted by atomic mass is 10.0. The number of unbranched alkanes of at least 4 members (excludes halogenated alkanes) is 2. The van der Waals surface area contributed by atoms with Gasteiger partial charge >= 0.3 is 0 Å². The maximum absolute atomic E-state index is 12.4. The second-order valence-corrected chi connectivity index (χ2v) is 10.0. The molecule has 2 aromatic carbocycles. The van der Waals surface area contributed by atoms with Gasteiger partial charge in [-0.3, -0.25) is 9.59 Å². The summed E-state index contributed by atoms with van der Waals surface area (Å²) < 4.78 is 0. The van der Waals surface area contributed by atoms with Crippen molar-refractivity contribution in [3.8, 4) is 0 Å². The summed E-state index contributed by atoms with van der Waals surface area (Å²) in [5.41, 5.74) is 4.16. The number of carbonyl (C=O) groups excluding carboxylic acids is 2. The van der Waals surface area contributed by atoms with Crippen LogP contribution in [-0.2, 0) is 16.0 Å². The summed E-state index contributed by atoms with van der Waals surface area (Å²) >= 11 is 0. The van der Waals surface area contributed by atoms with Crippen molar-refractivity contribution in [2.24, 2.45) is 23.7 Å². The van der Waals surface area contributed by atoms with Gasteiger partial charge in [0, 0.05) is 23.2 Å². The van der Waals surface area contributed by atoms with E-state index in [9.17, 15) is 9.59 Å². The minimum absolute atomic E-state index is 0.171. The van der Waals surface area contributed by atoms with Crippen molar-refractivity contribution in [3.63, 3.8) is 0 Å². The van der Waals surface area contributed by atoms with Crippen LogP contribution in [0.2, 0.25) is 0 Å². The molecule has 2 aliphatic carbocycles. The van der Waals surface area contributed by atoms with Gasteiger partial charge in [-0.1, -0.05) is 63.8 Å². The second-order valence-electron chi connectivity index (χ2n) is 10.0. The number of rotatable bonds is 12. The van der Waals surface area contributed by atoms with Gasteiger partial charge in [-0.05, 0) is 79.3 Å². The van der Waals surface area contributed by atoms with Crippen LogP contribution in [0, 0.1) is 23.7 Å². The van der Waals surface area contributed by atoms with Gasteiger partial charge in [0.2, 0.25) is 11.8 Å². The molecule has 4 heteroatoms. The first-order valence-electron chi connectivity index (χ1n) is 12.9. The summed E-state index contributed by atoms with van der Waals surface area (Å²) in [6.45, 7) is 4.40. The maximum atomic E-state index is 12.4. The van der Waals surface area contributed by atoms with Gasteiger partial charge in [0.1, 0.15) is 0 Å². The van der Waals surface area contributed by atoms with Gasteiger partial charge in [0.25, 0.3) is 0 Å². The molecule has 2 saturated carbocycles. The minimum atomic E-state index is 0.171. The van der Waals surface area contributed by atoms with E-state index in [1.165, 1.54) is 49.7 Å². The summed E-state index contributed by atoms with van der Waals surface area (Å²) in [6.07, 6.45) is 10.1. The van der Waals surface area contributed by atoms with Crippen LogP contribution < -0.4 is 10.6 Å². The Morgan fingerprint density at radius 3 is 1.45 bits per heavy atom. The number of hydrogen-bond donors (Lipinski definition) is 2. The number of anilines is 2. The molecule has 0 unspecified atom stereocenters. The fraction of sp³-hybridized carbons (Fsp3) is 0.517. The third-order valence-electron chi connectivity index (χ3n) is 7.23. The average molecular weight is 447 g/mol. The number of carbonyl (C=O) groups is 2. The van der Waals surface area contributed by atoms with Gasteiger partial charge in [0.15, 0.2) is 0 Å². The van der Waals surface area contributed by atoms with E-state index in [-0.39, 0.29) is 23.7 Å². The van der Waals surface area contributed by atoms with E-state index >= 15 is 0 Å². The quantitative estimate of drug-likeness (QED) is 0.376. The van der Waals surface area contributed by atoms with Gasteiger partial charge in [-0.2, -0.15) is 0 Å². The fourth-order valence-corrected chi connectivity index (χ4v) is 4.83. The van der Waals surface area contributed by atoms with E-state index in [1.807, 2.05) is 24.3 Å². The van der Waals surface area contributed by atoms with Crippen LogP contribution in [0.25, 0.3) is 0 Å². The van der Waals surface area contributed by atoms with Crippen molar-refractivity contribution in [1.29, 1.82) is 0 Å². The lowest BCUT2D eigenvalue weighted by Crippen LogP contribution is -2.14. The van der Waals surface area contributed by atoms with Crippen LogP contribution in [0.4, 0.5) is 11.4 Å². The van der Waals surface area contributed by atoms with E-state index < -0.39 is 0 Å². The Hall–Kier alpha value is -2.62. The molecule has 0 aromatic heterocycles. The van der Waals surface area contributed by atoms with Gasteiger partial charge < -0.3 is 10.6 Å². The molecule has 0 radical (unpaired) electrons. The highest BCUT2D eigenvalue weighted by Crippen LogP contribution is 2.43. The molecule has 2 fully saturated rings. The molecule has 2 N–H and O–H groups in total. The Labute approximate surface area is 198 Å². The fourth-order valence-electron chi connectivity index (χ4n) is 4.83. The van der Waals surface area contributed by atoms with Crippen molar-refractivity contribution in [2.45, 2.75) is 71.6 Å². The standard InChI is InChI=1S/C29H38N2O2/c1-3-5-7-22-18-26(22)28(32)30-24-13-9-20(10-14-24)17-21-11-15-25(16-12-21)31-29(33)27-19-23(27)8-6-4-2/h9-16,22-23,26-27H,3-8,17-19H2,1-2H3,(H,30,32)(H,31,33)/t22-,23+,26+,27-. The Bertz CT molecular complexity index is 858. The molecular weight excluding hydrogens is 408 g/mol. The molecule has 4 nitrogen and oxygen atoms in total. The summed E-state index contributed by atoms with van der Waals surface area (Å²) in [5.74, 6) is 1.93. The second kappa shape index (κ2) is 11.0. The summed E-state index contributed by atoms with van der Waals surface area (Å²) in [5, 5.41) is 6.15. The highest BCUT2D eigenvalue weighted by Gasteiger charge is 2.42. The van der Waals surface area contributed by atoms with Crippen LogP contribution in [0.15, 0.2) is 48.5 Å². The molecule has 0 bridgehead atoms. The Balaban J connectivity index is 1.22. The van der Waals surface area contributed by atoms with Crippen LogP contribution in [0.1, 0.15) is 76.3 Å². The lowest BCUT2D eigenvalue weighted by Gasteiger charge is -2.08. The molecule has 176 valence electrons. The smallest absolute Gasteiger partial charge is 0.227 e. The van der Waals surface area contributed by atoms with Crippen molar-refractivity contribution in [2.75, 3.05) is 10.6 Å². The van der Waals surface area contributed by atoms with E-state index in [1.54, 1.807) is 0 Å². The van der Waals surface area contributed by atoms with Crippen LogP contribution >= 0.6 is 0 Å². The maximum Gasteiger partial charge on any atom is 0.227 e. The lowest BCUT2D eigenvalue weighted by molar-refractivity contribution is -0.118. The van der Waals surface area contributed by atoms with Gasteiger partial charge in [-0.25, -0.2) is 0 Å². The zero-order chi connectivity index (χ0) is 23.2. The summed E-state index contributed by atoms with van der Waals surface area (Å²) in [4.78, 5) is 24.8. The number of benzene rings is 2. The van der Waals surface area contributed by atoms with Gasteiger partial charge in [0.05, 0.1) is 0 Å². The highest BCUT2D eigenvalue weighted by atomic mass is 16.2. The minimum Gasteiger partial charge on any atom is -0.326 e. The van der Waals surface area contributed by atoms with E-state index in [0.717, 1.165) is 30.6 Å². The predicted molar refractivity (Wildman–Crippen MR) is 135 cm³/mol. The van der Waals surface area contributed by atoms with Crippen LogP contribution in [0.5, 0.6) is 0 Å². The Kier molecular flexibility index (Phi) is 7.85. The third kappa shape index (κ3) is 6.69. The molecule has 2 aliphatic rings. The normalized spacial score (nSPS) is 23.1. The summed E-state index contributed by atoms with van der Waals surface area (Å²) in [7, 11) is 0. The first-order valence-corrected chi connectivity index (χ1v) is 12.9. The van der Waals surface area contributed by atoms with Crippen LogP contribution in [0.3, 0.4) is 0 Å². The Morgan fingerprint density at radius 1 is 0.697 bits per heavy atom. The van der Waals surface area contributed by atoms with Gasteiger partial charge in [-0.15, -0.1) is 0 Å². The third-order valence-corrected chi connectivity index (χ3v) is 7.23. The molecule has 33 heavy (non-hydrogen) atoms. The number of amides is 2. The zero-order valence-corrected chi connectivity index (χ0v) is 20.1. The van der Waals surface area contributed by atoms with Crippen molar-refractivity contribution < 1.29 is 9.59 Å². The topological polar surface area (TPSA) is 58.2 Å². The average Bonchev–Trinajstić information content (AvgIpc) is 3.74. The zero-order valence-electron chi connectivity index (χ0n) is 20.1. The number of hydrogen-bond acceptors (Lipinski definition) is 2. The SMILES string of the molecule is CCCC[C@@H]1C[C@@H]1C(=O)Nc1ccc(Cc2ccc(NC(=O)[C@@H]3C[C@@H]3CCCC)cc2)cc1. The van der Waals surface area contributed by atoms with Crippen molar-refractivity contribution in [3.05, 3.63) is 59.7 Å². The van der Waals surface area contributed by atoms with Crippen LogP contribution in [-0.4, -0.2) is 11.8 Å². The van der Waals surface area contributed by atoms with E-state index in [2.05, 4.69) is 48.7 Å². The molecular formula is C29H38N2O2. The summed E-state index contributed by atoms with van der Waals surface area (Å²) in [6, 6.07) is 16.3. The van der Waals surface area contributed by atoms with E-state index in [0.29, 0.717) is 11.8 Å². The van der Waals surface area contributed by atoms with Crippen molar-refractivity contribution in [1.82, 2.24) is 0 Å². The molecule has 4 rings (SSSR count).